The van der Waals surface area contributed by atoms with Gasteiger partial charge in [-0.15, -0.1) is 0 Å². The van der Waals surface area contributed by atoms with Crippen LogP contribution in [-0.2, 0) is 9.09 Å². The quantitative estimate of drug-likeness (QED) is 0.708. The third-order valence-electron chi connectivity index (χ3n) is 4.83. The largest absolute Gasteiger partial charge is 0.322 e. The normalized spacial score (nSPS) is 29.3. The van der Waals surface area contributed by atoms with Gasteiger partial charge in [0.2, 0.25) is 7.37 Å². The molecule has 0 amide bonds. The third kappa shape index (κ3) is 3.99. The summed E-state index contributed by atoms with van der Waals surface area (Å²) in [5.74, 6) is 1.79. The van der Waals surface area contributed by atoms with Gasteiger partial charge in [-0.1, -0.05) is 52.3 Å². The highest BCUT2D eigenvalue weighted by Crippen LogP contribution is 2.50. The molecule has 4 atom stereocenters. The van der Waals surface area contributed by atoms with Gasteiger partial charge in [-0.2, -0.15) is 0 Å². The second-order valence-corrected chi connectivity index (χ2v) is 9.50. The van der Waals surface area contributed by atoms with Crippen molar-refractivity contribution >= 4 is 12.7 Å². The summed E-state index contributed by atoms with van der Waals surface area (Å²) in [6, 6.07) is 9.75. The maximum atomic E-state index is 13.3. The van der Waals surface area contributed by atoms with Gasteiger partial charge in [-0.3, -0.25) is 4.57 Å². The lowest BCUT2D eigenvalue weighted by Gasteiger charge is -2.38. The summed E-state index contributed by atoms with van der Waals surface area (Å²) >= 11 is 0. The summed E-state index contributed by atoms with van der Waals surface area (Å²) in [4.78, 5) is 0. The van der Waals surface area contributed by atoms with Gasteiger partial charge in [0.05, 0.1) is 6.10 Å². The molecule has 1 aliphatic rings. The average Bonchev–Trinajstić information content (AvgIpc) is 2.47. The van der Waals surface area contributed by atoms with E-state index in [0.29, 0.717) is 23.9 Å². The van der Waals surface area contributed by atoms with Gasteiger partial charge in [0.1, 0.15) is 0 Å². The van der Waals surface area contributed by atoms with E-state index < -0.39 is 7.37 Å². The maximum Gasteiger partial charge on any atom is 0.232 e. The van der Waals surface area contributed by atoms with Crippen LogP contribution in [0.4, 0.5) is 0 Å². The maximum absolute atomic E-state index is 13.3. The van der Waals surface area contributed by atoms with E-state index in [1.165, 1.54) is 12.8 Å². The first-order valence-corrected chi connectivity index (χ1v) is 10.1. The van der Waals surface area contributed by atoms with E-state index in [1.807, 2.05) is 37.3 Å². The first-order valence-electron chi connectivity index (χ1n) is 8.29. The molecular weight excluding hydrogens is 279 g/mol. The molecule has 2 nitrogen and oxygen atoms in total. The summed E-state index contributed by atoms with van der Waals surface area (Å²) in [5.41, 5.74) is 0. The number of benzene rings is 1. The van der Waals surface area contributed by atoms with E-state index in [0.717, 1.165) is 11.7 Å². The summed E-state index contributed by atoms with van der Waals surface area (Å²) in [7, 11) is -2.72. The standard InChI is InChI=1S/C18H29O2P/c1-5-21(19,16-9-7-6-8-10-16)20-18-13-15(4)11-12-17(18)14(2)3/h6-10,14-15,17-18H,5,11-13H2,1-4H3/t15-,17+,18-,21?/m1/s1. The van der Waals surface area contributed by atoms with Crippen LogP contribution in [-0.4, -0.2) is 12.3 Å². The lowest BCUT2D eigenvalue weighted by Crippen LogP contribution is -2.34. The molecule has 0 bridgehead atoms. The Kier molecular flexibility index (Phi) is 5.68. The minimum absolute atomic E-state index is 0.139. The SMILES string of the molecule is CCP(=O)(O[C@@H]1C[C@H](C)CC[C@H]1C(C)C)c1ccccc1. The Morgan fingerprint density at radius 1 is 1.24 bits per heavy atom. The van der Waals surface area contributed by atoms with Crippen molar-refractivity contribution in [2.24, 2.45) is 17.8 Å². The molecule has 1 fully saturated rings. The molecule has 0 heterocycles. The zero-order chi connectivity index (χ0) is 15.5. The predicted octanol–water partition coefficient (Wildman–Crippen LogP) is 5.09. The fourth-order valence-electron chi connectivity index (χ4n) is 3.43. The molecule has 0 radical (unpaired) electrons. The molecule has 1 saturated carbocycles. The Hall–Kier alpha value is -0.590. The second kappa shape index (κ2) is 7.11. The molecule has 1 unspecified atom stereocenters. The van der Waals surface area contributed by atoms with Crippen molar-refractivity contribution in [1.82, 2.24) is 0 Å². The molecule has 118 valence electrons. The summed E-state index contributed by atoms with van der Waals surface area (Å²) in [6.07, 6.45) is 4.22. The molecule has 3 heteroatoms. The summed E-state index contributed by atoms with van der Waals surface area (Å²) in [6.45, 7) is 8.78. The first kappa shape index (κ1) is 16.8. The molecule has 2 rings (SSSR count). The van der Waals surface area contributed by atoms with Gasteiger partial charge >= 0.3 is 0 Å². The highest BCUT2D eigenvalue weighted by Gasteiger charge is 2.36. The zero-order valence-corrected chi connectivity index (χ0v) is 14.7. The highest BCUT2D eigenvalue weighted by molar-refractivity contribution is 7.66. The Morgan fingerprint density at radius 2 is 1.90 bits per heavy atom. The van der Waals surface area contributed by atoms with E-state index >= 15 is 0 Å². The number of hydrogen-bond acceptors (Lipinski definition) is 2. The van der Waals surface area contributed by atoms with Gasteiger partial charge < -0.3 is 4.52 Å². The van der Waals surface area contributed by atoms with Crippen molar-refractivity contribution in [3.63, 3.8) is 0 Å². The van der Waals surface area contributed by atoms with Crippen LogP contribution in [0.25, 0.3) is 0 Å². The number of hydrogen-bond donors (Lipinski definition) is 0. The predicted molar refractivity (Wildman–Crippen MR) is 90.4 cm³/mol. The lowest BCUT2D eigenvalue weighted by molar-refractivity contribution is 0.0500. The average molecular weight is 308 g/mol. The van der Waals surface area contributed by atoms with Crippen molar-refractivity contribution in [2.45, 2.75) is 53.1 Å². The Balaban J connectivity index is 2.21. The smallest absolute Gasteiger partial charge is 0.232 e. The molecule has 0 aromatic heterocycles. The minimum atomic E-state index is -2.72. The van der Waals surface area contributed by atoms with Crippen molar-refractivity contribution in [3.8, 4) is 0 Å². The number of rotatable bonds is 5. The van der Waals surface area contributed by atoms with Gasteiger partial charge in [0, 0.05) is 11.5 Å². The fourth-order valence-corrected chi connectivity index (χ4v) is 5.37. The molecular formula is C18H29O2P. The lowest BCUT2D eigenvalue weighted by atomic mass is 9.75. The topological polar surface area (TPSA) is 26.3 Å². The van der Waals surface area contributed by atoms with Gasteiger partial charge in [0.15, 0.2) is 0 Å². The van der Waals surface area contributed by atoms with Crippen molar-refractivity contribution < 1.29 is 9.09 Å². The minimum Gasteiger partial charge on any atom is -0.322 e. The molecule has 1 aromatic carbocycles. The van der Waals surface area contributed by atoms with Crippen LogP contribution in [0.1, 0.15) is 47.0 Å². The van der Waals surface area contributed by atoms with Crippen LogP contribution < -0.4 is 5.30 Å². The van der Waals surface area contributed by atoms with Gasteiger partial charge in [-0.25, -0.2) is 0 Å². The Bertz CT molecular complexity index is 483. The molecule has 0 N–H and O–H groups in total. The fraction of sp³-hybridized carbons (Fsp3) is 0.667. The molecule has 1 aliphatic carbocycles. The molecule has 0 saturated heterocycles. The van der Waals surface area contributed by atoms with Crippen LogP contribution >= 0.6 is 7.37 Å². The monoisotopic (exact) mass is 308 g/mol. The van der Waals surface area contributed by atoms with Gasteiger partial charge in [0.25, 0.3) is 0 Å². The third-order valence-corrected chi connectivity index (χ3v) is 7.36. The van der Waals surface area contributed by atoms with Crippen molar-refractivity contribution in [3.05, 3.63) is 30.3 Å². The van der Waals surface area contributed by atoms with E-state index in [1.54, 1.807) is 0 Å². The van der Waals surface area contributed by atoms with E-state index in [4.69, 9.17) is 4.52 Å². The van der Waals surface area contributed by atoms with Crippen LogP contribution in [0.5, 0.6) is 0 Å². The first-order chi connectivity index (χ1) is 9.96. The second-order valence-electron chi connectivity index (χ2n) is 6.80. The van der Waals surface area contributed by atoms with Gasteiger partial charge in [-0.05, 0) is 42.7 Å². The van der Waals surface area contributed by atoms with Crippen LogP contribution in [0.3, 0.4) is 0 Å². The summed E-state index contributed by atoms with van der Waals surface area (Å²) < 4.78 is 19.6. The van der Waals surface area contributed by atoms with E-state index in [2.05, 4.69) is 20.8 Å². The highest BCUT2D eigenvalue weighted by atomic mass is 31.2. The van der Waals surface area contributed by atoms with Crippen LogP contribution in [0.15, 0.2) is 30.3 Å². The van der Waals surface area contributed by atoms with Crippen molar-refractivity contribution in [2.75, 3.05) is 6.16 Å². The molecule has 1 aromatic rings. The van der Waals surface area contributed by atoms with E-state index in [9.17, 15) is 4.57 Å². The Labute approximate surface area is 129 Å². The van der Waals surface area contributed by atoms with Crippen LogP contribution in [0, 0.1) is 17.8 Å². The van der Waals surface area contributed by atoms with Crippen LogP contribution in [0.2, 0.25) is 0 Å². The molecule has 21 heavy (non-hydrogen) atoms. The zero-order valence-electron chi connectivity index (χ0n) is 13.8. The molecule has 0 aliphatic heterocycles. The Morgan fingerprint density at radius 3 is 2.48 bits per heavy atom. The molecule has 0 spiro atoms. The van der Waals surface area contributed by atoms with Crippen molar-refractivity contribution in [1.29, 1.82) is 0 Å². The van der Waals surface area contributed by atoms with E-state index in [-0.39, 0.29) is 6.10 Å². The summed E-state index contributed by atoms with van der Waals surface area (Å²) in [5, 5.41) is 0.869.